The van der Waals surface area contributed by atoms with Gasteiger partial charge in [0.1, 0.15) is 0 Å². The summed E-state index contributed by atoms with van der Waals surface area (Å²) in [6.45, 7) is 6.64. The van der Waals surface area contributed by atoms with Crippen molar-refractivity contribution in [3.8, 4) is 0 Å². The average molecular weight is 408 g/mol. The van der Waals surface area contributed by atoms with E-state index in [2.05, 4.69) is 5.32 Å². The van der Waals surface area contributed by atoms with Gasteiger partial charge in [0.25, 0.3) is 5.91 Å². The summed E-state index contributed by atoms with van der Waals surface area (Å²) in [5, 5.41) is 12.8. The zero-order valence-electron chi connectivity index (χ0n) is 17.6. The van der Waals surface area contributed by atoms with E-state index < -0.39 is 6.10 Å². The molecule has 1 aromatic carbocycles. The number of carbonyl (C=O) groups is 2. The zero-order chi connectivity index (χ0) is 21.2. The molecule has 1 heterocycles. The number of hydrogen-bond donors (Lipinski definition) is 2. The monoisotopic (exact) mass is 407 g/mol. The van der Waals surface area contributed by atoms with E-state index >= 15 is 0 Å². The Morgan fingerprint density at radius 1 is 1.17 bits per heavy atom. The number of carbonyl (C=O) groups excluding carboxylic acids is 2. The van der Waals surface area contributed by atoms with E-state index in [1.54, 1.807) is 31.3 Å². The molecule has 29 heavy (non-hydrogen) atoms. The number of likely N-dealkylation sites (tertiary alicyclic amines) is 1. The highest BCUT2D eigenvalue weighted by Gasteiger charge is 2.19. The molecule has 162 valence electrons. The van der Waals surface area contributed by atoms with Crippen LogP contribution in [-0.2, 0) is 9.47 Å². The van der Waals surface area contributed by atoms with Crippen molar-refractivity contribution >= 4 is 17.6 Å². The SMILES string of the molecule is CC(C)OCCOCC(O)CN(C)C(=O)Nc1ccc(C(=O)N2CCCC2)cc1. The summed E-state index contributed by atoms with van der Waals surface area (Å²) in [6, 6.07) is 6.52. The Morgan fingerprint density at radius 2 is 1.83 bits per heavy atom. The molecule has 1 unspecified atom stereocenters. The molecule has 1 aromatic rings. The maximum Gasteiger partial charge on any atom is 0.321 e. The lowest BCUT2D eigenvalue weighted by Crippen LogP contribution is -2.39. The lowest BCUT2D eigenvalue weighted by atomic mass is 10.2. The van der Waals surface area contributed by atoms with Crippen molar-refractivity contribution in [1.82, 2.24) is 9.80 Å². The number of amides is 3. The predicted octanol–water partition coefficient (Wildman–Crippen LogP) is 2.19. The van der Waals surface area contributed by atoms with E-state index in [-0.39, 0.29) is 31.2 Å². The second-order valence-corrected chi connectivity index (χ2v) is 7.54. The Hall–Kier alpha value is -2.16. The van der Waals surface area contributed by atoms with Crippen LogP contribution in [0.2, 0.25) is 0 Å². The van der Waals surface area contributed by atoms with Gasteiger partial charge < -0.3 is 29.7 Å². The van der Waals surface area contributed by atoms with Gasteiger partial charge in [-0.2, -0.15) is 0 Å². The summed E-state index contributed by atoms with van der Waals surface area (Å²) in [6.07, 6.45) is 1.46. The van der Waals surface area contributed by atoms with Crippen LogP contribution < -0.4 is 5.32 Å². The summed E-state index contributed by atoms with van der Waals surface area (Å²) in [7, 11) is 1.60. The summed E-state index contributed by atoms with van der Waals surface area (Å²) < 4.78 is 10.7. The van der Waals surface area contributed by atoms with Gasteiger partial charge in [0.15, 0.2) is 0 Å². The molecule has 1 saturated heterocycles. The van der Waals surface area contributed by atoms with Gasteiger partial charge in [-0.1, -0.05) is 0 Å². The van der Waals surface area contributed by atoms with Crippen LogP contribution in [0.3, 0.4) is 0 Å². The number of rotatable bonds is 10. The molecular formula is C21H33N3O5. The molecule has 1 aliphatic heterocycles. The minimum Gasteiger partial charge on any atom is -0.389 e. The first-order valence-electron chi connectivity index (χ1n) is 10.2. The number of nitrogens with zero attached hydrogens (tertiary/aromatic N) is 2. The summed E-state index contributed by atoms with van der Waals surface area (Å²) in [5.41, 5.74) is 1.21. The van der Waals surface area contributed by atoms with E-state index in [0.29, 0.717) is 24.5 Å². The van der Waals surface area contributed by atoms with Crippen molar-refractivity contribution in [2.45, 2.75) is 38.9 Å². The lowest BCUT2D eigenvalue weighted by molar-refractivity contribution is -0.0144. The van der Waals surface area contributed by atoms with Gasteiger partial charge in [-0.25, -0.2) is 4.79 Å². The van der Waals surface area contributed by atoms with Crippen LogP contribution in [-0.4, -0.2) is 85.6 Å². The largest absolute Gasteiger partial charge is 0.389 e. The third kappa shape index (κ3) is 8.00. The standard InChI is InChI=1S/C21H33N3O5/c1-16(2)29-13-12-28-15-19(25)14-23(3)21(27)22-18-8-6-17(7-9-18)20(26)24-10-4-5-11-24/h6-9,16,19,25H,4-5,10-15H2,1-3H3,(H,22,27). The number of benzene rings is 1. The van der Waals surface area contributed by atoms with Crippen molar-refractivity contribution in [2.75, 3.05) is 51.8 Å². The van der Waals surface area contributed by atoms with E-state index in [1.807, 2.05) is 18.7 Å². The number of likely N-dealkylation sites (N-methyl/N-ethyl adjacent to an activating group) is 1. The molecule has 1 atom stereocenters. The quantitative estimate of drug-likeness (QED) is 0.580. The van der Waals surface area contributed by atoms with Gasteiger partial charge in [0.2, 0.25) is 0 Å². The Balaban J connectivity index is 1.72. The number of hydrogen-bond acceptors (Lipinski definition) is 5. The maximum absolute atomic E-state index is 12.4. The van der Waals surface area contributed by atoms with Crippen LogP contribution in [0, 0.1) is 0 Å². The Labute approximate surface area is 172 Å². The zero-order valence-corrected chi connectivity index (χ0v) is 17.6. The maximum atomic E-state index is 12.4. The minimum absolute atomic E-state index is 0.0272. The van der Waals surface area contributed by atoms with Gasteiger partial charge >= 0.3 is 6.03 Å². The molecular weight excluding hydrogens is 374 g/mol. The van der Waals surface area contributed by atoms with Crippen LogP contribution >= 0.6 is 0 Å². The molecule has 1 fully saturated rings. The number of ether oxygens (including phenoxy) is 2. The van der Waals surface area contributed by atoms with Crippen molar-refractivity contribution in [1.29, 1.82) is 0 Å². The minimum atomic E-state index is -0.787. The molecule has 0 saturated carbocycles. The second kappa shape index (κ2) is 11.7. The van der Waals surface area contributed by atoms with Crippen molar-refractivity contribution < 1.29 is 24.2 Å². The molecule has 0 bridgehead atoms. The van der Waals surface area contributed by atoms with Crippen LogP contribution in [0.15, 0.2) is 24.3 Å². The topological polar surface area (TPSA) is 91.3 Å². The smallest absolute Gasteiger partial charge is 0.321 e. The van der Waals surface area contributed by atoms with E-state index in [9.17, 15) is 14.7 Å². The Morgan fingerprint density at radius 3 is 2.45 bits per heavy atom. The fourth-order valence-electron chi connectivity index (χ4n) is 3.03. The van der Waals surface area contributed by atoms with Crippen molar-refractivity contribution in [3.63, 3.8) is 0 Å². The first kappa shape index (κ1) is 23.1. The van der Waals surface area contributed by atoms with Crippen LogP contribution in [0.4, 0.5) is 10.5 Å². The van der Waals surface area contributed by atoms with Crippen molar-refractivity contribution in [3.05, 3.63) is 29.8 Å². The highest BCUT2D eigenvalue weighted by Crippen LogP contribution is 2.15. The molecule has 8 nitrogen and oxygen atoms in total. The van der Waals surface area contributed by atoms with Gasteiger partial charge in [-0.15, -0.1) is 0 Å². The van der Waals surface area contributed by atoms with Crippen LogP contribution in [0.5, 0.6) is 0 Å². The average Bonchev–Trinajstić information content (AvgIpc) is 3.22. The molecule has 3 amide bonds. The first-order chi connectivity index (χ1) is 13.9. The number of nitrogens with one attached hydrogen (secondary N) is 1. The molecule has 0 spiro atoms. The normalized spacial score (nSPS) is 14.9. The van der Waals surface area contributed by atoms with E-state index in [0.717, 1.165) is 25.9 Å². The van der Waals surface area contributed by atoms with Gasteiger partial charge in [0.05, 0.1) is 38.6 Å². The van der Waals surface area contributed by atoms with Gasteiger partial charge in [-0.3, -0.25) is 4.79 Å². The van der Waals surface area contributed by atoms with Gasteiger partial charge in [-0.05, 0) is 51.0 Å². The number of aliphatic hydroxyl groups excluding tert-OH is 1. The van der Waals surface area contributed by atoms with Crippen LogP contribution in [0.25, 0.3) is 0 Å². The Kier molecular flexibility index (Phi) is 9.37. The molecule has 2 rings (SSSR count). The molecule has 1 aliphatic rings. The third-order valence-electron chi connectivity index (χ3n) is 4.60. The molecule has 8 heteroatoms. The fraction of sp³-hybridized carbons (Fsp3) is 0.619. The lowest BCUT2D eigenvalue weighted by Gasteiger charge is -2.21. The predicted molar refractivity (Wildman–Crippen MR) is 111 cm³/mol. The van der Waals surface area contributed by atoms with Crippen LogP contribution in [0.1, 0.15) is 37.0 Å². The number of aliphatic hydroxyl groups is 1. The van der Waals surface area contributed by atoms with Gasteiger partial charge in [0, 0.05) is 31.4 Å². The summed E-state index contributed by atoms with van der Waals surface area (Å²) in [4.78, 5) is 27.9. The second-order valence-electron chi connectivity index (χ2n) is 7.54. The molecule has 0 aromatic heterocycles. The third-order valence-corrected chi connectivity index (χ3v) is 4.60. The number of anilines is 1. The van der Waals surface area contributed by atoms with Crippen molar-refractivity contribution in [2.24, 2.45) is 0 Å². The highest BCUT2D eigenvalue weighted by molar-refractivity contribution is 5.95. The fourth-order valence-corrected chi connectivity index (χ4v) is 3.03. The van der Waals surface area contributed by atoms with E-state index in [1.165, 1.54) is 4.90 Å². The summed E-state index contributed by atoms with van der Waals surface area (Å²) >= 11 is 0. The molecule has 0 radical (unpaired) electrons. The number of urea groups is 1. The highest BCUT2D eigenvalue weighted by atomic mass is 16.5. The molecule has 2 N–H and O–H groups in total. The summed E-state index contributed by atoms with van der Waals surface area (Å²) in [5.74, 6) is 0.0272. The first-order valence-corrected chi connectivity index (χ1v) is 10.2. The van der Waals surface area contributed by atoms with E-state index in [4.69, 9.17) is 9.47 Å². The molecule has 0 aliphatic carbocycles. The Bertz CT molecular complexity index is 644.